The summed E-state index contributed by atoms with van der Waals surface area (Å²) in [6.07, 6.45) is 1.88. The first-order chi connectivity index (χ1) is 6.29. The Balaban J connectivity index is 4.08. The lowest BCUT2D eigenvalue weighted by molar-refractivity contribution is -0.152. The number of hydrogen-bond acceptors (Lipinski definition) is 3. The van der Waals surface area contributed by atoms with Crippen LogP contribution in [-0.2, 0) is 9.53 Å². The second-order valence-electron chi connectivity index (χ2n) is 4.88. The van der Waals surface area contributed by atoms with Gasteiger partial charge in [-0.25, -0.2) is 0 Å². The van der Waals surface area contributed by atoms with Crippen LogP contribution in [0.2, 0.25) is 0 Å². The Morgan fingerprint density at radius 1 is 1.43 bits per heavy atom. The van der Waals surface area contributed by atoms with E-state index in [1.807, 2.05) is 27.7 Å². The summed E-state index contributed by atoms with van der Waals surface area (Å²) < 4.78 is 5.22. The summed E-state index contributed by atoms with van der Waals surface area (Å²) in [5.41, 5.74) is 5.53. The van der Waals surface area contributed by atoms with Gasteiger partial charge in [0.1, 0.15) is 6.04 Å². The molecular formula is C11H23NO2. The molecule has 0 radical (unpaired) electrons. The van der Waals surface area contributed by atoms with Gasteiger partial charge in [-0.15, -0.1) is 0 Å². The molecule has 84 valence electrons. The van der Waals surface area contributed by atoms with Crippen LogP contribution in [0.25, 0.3) is 0 Å². The van der Waals surface area contributed by atoms with E-state index in [1.165, 1.54) is 0 Å². The number of rotatable bonds is 4. The Labute approximate surface area is 87.0 Å². The summed E-state index contributed by atoms with van der Waals surface area (Å²) in [4.78, 5) is 11.5. The normalized spacial score (nSPS) is 16.1. The van der Waals surface area contributed by atoms with Gasteiger partial charge in [0.05, 0.1) is 6.10 Å². The molecule has 2 atom stereocenters. The second kappa shape index (κ2) is 5.35. The van der Waals surface area contributed by atoms with E-state index in [1.54, 1.807) is 0 Å². The van der Waals surface area contributed by atoms with Crippen LogP contribution in [0.5, 0.6) is 0 Å². The molecule has 1 unspecified atom stereocenters. The maximum atomic E-state index is 11.5. The average molecular weight is 201 g/mol. The van der Waals surface area contributed by atoms with E-state index in [9.17, 15) is 4.79 Å². The molecule has 3 heteroatoms. The topological polar surface area (TPSA) is 52.3 Å². The van der Waals surface area contributed by atoms with E-state index in [2.05, 4.69) is 6.92 Å². The lowest BCUT2D eigenvalue weighted by Crippen LogP contribution is -2.44. The van der Waals surface area contributed by atoms with Crippen molar-refractivity contribution < 1.29 is 9.53 Å². The van der Waals surface area contributed by atoms with Crippen LogP contribution >= 0.6 is 0 Å². The molecule has 0 aromatic carbocycles. The number of carbonyl (C=O) groups is 1. The molecule has 0 saturated carbocycles. The largest absolute Gasteiger partial charge is 0.462 e. The van der Waals surface area contributed by atoms with Crippen molar-refractivity contribution in [3.8, 4) is 0 Å². The molecule has 0 spiro atoms. The first kappa shape index (κ1) is 13.4. The maximum Gasteiger partial charge on any atom is 0.323 e. The molecule has 0 bridgehead atoms. The summed E-state index contributed by atoms with van der Waals surface area (Å²) in [5, 5.41) is 0. The summed E-state index contributed by atoms with van der Waals surface area (Å²) in [5.74, 6) is -0.293. The Morgan fingerprint density at radius 3 is 2.29 bits per heavy atom. The van der Waals surface area contributed by atoms with Gasteiger partial charge >= 0.3 is 5.97 Å². The van der Waals surface area contributed by atoms with Crippen molar-refractivity contribution >= 4 is 5.97 Å². The molecule has 0 aliphatic heterocycles. The SMILES string of the molecule is CCCC(C)OC(=O)[C@H](N)C(C)(C)C. The smallest absolute Gasteiger partial charge is 0.323 e. The number of nitrogens with two attached hydrogens (primary N) is 1. The van der Waals surface area contributed by atoms with E-state index in [0.717, 1.165) is 12.8 Å². The van der Waals surface area contributed by atoms with Crippen molar-refractivity contribution in [3.05, 3.63) is 0 Å². The standard InChI is InChI=1S/C11H23NO2/c1-6-7-8(2)14-10(13)9(12)11(3,4)5/h8-9H,6-7,12H2,1-5H3/t8?,9-/m0/s1. The van der Waals surface area contributed by atoms with Crippen molar-refractivity contribution in [2.75, 3.05) is 0 Å². The molecule has 0 saturated heterocycles. The Morgan fingerprint density at radius 2 is 1.93 bits per heavy atom. The van der Waals surface area contributed by atoms with Gasteiger partial charge in [0.25, 0.3) is 0 Å². The fraction of sp³-hybridized carbons (Fsp3) is 0.909. The van der Waals surface area contributed by atoms with Gasteiger partial charge in [0.2, 0.25) is 0 Å². The lowest BCUT2D eigenvalue weighted by atomic mass is 9.87. The minimum Gasteiger partial charge on any atom is -0.462 e. The molecule has 0 aromatic rings. The second-order valence-corrected chi connectivity index (χ2v) is 4.88. The van der Waals surface area contributed by atoms with Crippen LogP contribution in [0.3, 0.4) is 0 Å². The quantitative estimate of drug-likeness (QED) is 0.709. The molecule has 0 aliphatic rings. The molecule has 0 aliphatic carbocycles. The summed E-state index contributed by atoms with van der Waals surface area (Å²) >= 11 is 0. The zero-order valence-electron chi connectivity index (χ0n) is 9.96. The van der Waals surface area contributed by atoms with Crippen LogP contribution in [0.15, 0.2) is 0 Å². The highest BCUT2D eigenvalue weighted by Crippen LogP contribution is 2.19. The predicted octanol–water partition coefficient (Wildman–Crippen LogP) is 2.09. The van der Waals surface area contributed by atoms with Crippen LogP contribution in [0.4, 0.5) is 0 Å². The Bertz CT molecular complexity index is 184. The number of ether oxygens (including phenoxy) is 1. The van der Waals surface area contributed by atoms with E-state index in [0.29, 0.717) is 0 Å². The van der Waals surface area contributed by atoms with Gasteiger partial charge in [0, 0.05) is 0 Å². The molecule has 2 N–H and O–H groups in total. The Kier molecular flexibility index (Phi) is 5.13. The van der Waals surface area contributed by atoms with Gasteiger partial charge in [-0.1, -0.05) is 34.1 Å². The van der Waals surface area contributed by atoms with Gasteiger partial charge in [0.15, 0.2) is 0 Å². The molecule has 0 amide bonds. The number of carbonyl (C=O) groups excluding carboxylic acids is 1. The summed E-state index contributed by atoms with van der Waals surface area (Å²) in [7, 11) is 0. The third-order valence-electron chi connectivity index (χ3n) is 2.20. The fourth-order valence-electron chi connectivity index (χ4n) is 1.09. The third-order valence-corrected chi connectivity index (χ3v) is 2.20. The number of hydrogen-bond donors (Lipinski definition) is 1. The fourth-order valence-corrected chi connectivity index (χ4v) is 1.09. The first-order valence-electron chi connectivity index (χ1n) is 5.25. The van der Waals surface area contributed by atoms with Gasteiger partial charge < -0.3 is 10.5 Å². The maximum absolute atomic E-state index is 11.5. The third kappa shape index (κ3) is 4.61. The molecule has 0 fully saturated rings. The molecule has 3 nitrogen and oxygen atoms in total. The van der Waals surface area contributed by atoms with E-state index >= 15 is 0 Å². The minimum absolute atomic E-state index is 0.0269. The van der Waals surface area contributed by atoms with E-state index in [4.69, 9.17) is 10.5 Å². The minimum atomic E-state index is -0.540. The molecule has 0 rings (SSSR count). The van der Waals surface area contributed by atoms with E-state index in [-0.39, 0.29) is 17.5 Å². The van der Waals surface area contributed by atoms with Gasteiger partial charge in [-0.3, -0.25) is 4.79 Å². The monoisotopic (exact) mass is 201 g/mol. The van der Waals surface area contributed by atoms with Crippen molar-refractivity contribution in [2.45, 2.75) is 59.6 Å². The summed E-state index contributed by atoms with van der Waals surface area (Å²) in [6, 6.07) is -0.540. The molecule has 0 aromatic heterocycles. The molecule has 0 heterocycles. The summed E-state index contributed by atoms with van der Waals surface area (Å²) in [6.45, 7) is 9.76. The molecular weight excluding hydrogens is 178 g/mol. The zero-order valence-corrected chi connectivity index (χ0v) is 9.96. The van der Waals surface area contributed by atoms with E-state index < -0.39 is 6.04 Å². The van der Waals surface area contributed by atoms with Crippen molar-refractivity contribution in [1.29, 1.82) is 0 Å². The average Bonchev–Trinajstić information content (AvgIpc) is 2.01. The molecule has 14 heavy (non-hydrogen) atoms. The predicted molar refractivity (Wildman–Crippen MR) is 57.9 cm³/mol. The van der Waals surface area contributed by atoms with Crippen LogP contribution in [0, 0.1) is 5.41 Å². The van der Waals surface area contributed by atoms with Crippen LogP contribution in [-0.4, -0.2) is 18.1 Å². The van der Waals surface area contributed by atoms with Crippen molar-refractivity contribution in [3.63, 3.8) is 0 Å². The van der Waals surface area contributed by atoms with Gasteiger partial charge in [-0.05, 0) is 18.8 Å². The highest BCUT2D eigenvalue weighted by molar-refractivity contribution is 5.76. The highest BCUT2D eigenvalue weighted by atomic mass is 16.5. The van der Waals surface area contributed by atoms with Crippen molar-refractivity contribution in [2.24, 2.45) is 11.1 Å². The van der Waals surface area contributed by atoms with Crippen LogP contribution in [0.1, 0.15) is 47.5 Å². The zero-order chi connectivity index (χ0) is 11.4. The lowest BCUT2D eigenvalue weighted by Gasteiger charge is -2.26. The number of esters is 1. The van der Waals surface area contributed by atoms with Crippen LogP contribution < -0.4 is 5.73 Å². The van der Waals surface area contributed by atoms with Crippen molar-refractivity contribution in [1.82, 2.24) is 0 Å². The van der Waals surface area contributed by atoms with Gasteiger partial charge in [-0.2, -0.15) is 0 Å². The highest BCUT2D eigenvalue weighted by Gasteiger charge is 2.29. The first-order valence-corrected chi connectivity index (χ1v) is 5.25. The Hall–Kier alpha value is -0.570.